The Morgan fingerprint density at radius 1 is 1.25 bits per heavy atom. The van der Waals surface area contributed by atoms with Crippen LogP contribution in [0.1, 0.15) is 27.3 Å². The van der Waals surface area contributed by atoms with Crippen molar-refractivity contribution in [3.8, 4) is 0 Å². The lowest BCUT2D eigenvalue weighted by atomic mass is 10.1. The van der Waals surface area contributed by atoms with Gasteiger partial charge in [-0.15, -0.1) is 0 Å². The van der Waals surface area contributed by atoms with E-state index < -0.39 is 5.97 Å². The Bertz CT molecular complexity index is 790. The van der Waals surface area contributed by atoms with Crippen molar-refractivity contribution >= 4 is 11.5 Å². The Balaban J connectivity index is 2.06. The Morgan fingerprint density at radius 2 is 2.05 bits per heavy atom. The number of imidazole rings is 1. The molecule has 0 radical (unpaired) electrons. The maximum atomic E-state index is 11.1. The number of rotatable bonds is 3. The smallest absolute Gasteiger partial charge is 0.337 e. The predicted octanol–water partition coefficient (Wildman–Crippen LogP) is 2.93. The minimum atomic E-state index is -0.928. The Hall–Kier alpha value is -2.62. The maximum Gasteiger partial charge on any atom is 0.337 e. The number of aromatic nitrogens is 2. The van der Waals surface area contributed by atoms with E-state index in [9.17, 15) is 4.79 Å². The highest BCUT2D eigenvalue weighted by atomic mass is 16.4. The fourth-order valence-electron chi connectivity index (χ4n) is 2.28. The van der Waals surface area contributed by atoms with Gasteiger partial charge in [-0.1, -0.05) is 24.3 Å². The molecule has 0 unspecified atom stereocenters. The molecule has 0 fully saturated rings. The molecule has 3 rings (SSSR count). The molecule has 2 heterocycles. The second-order valence-corrected chi connectivity index (χ2v) is 4.80. The summed E-state index contributed by atoms with van der Waals surface area (Å²) < 4.78 is 1.84. The summed E-state index contributed by atoms with van der Waals surface area (Å²) in [6.45, 7) is 2.06. The normalized spacial score (nSPS) is 10.8. The van der Waals surface area contributed by atoms with Crippen LogP contribution in [0.5, 0.6) is 0 Å². The number of nitrogens with zero attached hydrogens (tertiary/aromatic N) is 2. The van der Waals surface area contributed by atoms with E-state index in [4.69, 9.17) is 5.11 Å². The molecule has 0 amide bonds. The quantitative estimate of drug-likeness (QED) is 0.793. The highest BCUT2D eigenvalue weighted by molar-refractivity contribution is 5.87. The van der Waals surface area contributed by atoms with Crippen LogP contribution in [0, 0.1) is 6.92 Å². The molecule has 0 aliphatic carbocycles. The first kappa shape index (κ1) is 12.4. The Morgan fingerprint density at radius 3 is 2.80 bits per heavy atom. The fourth-order valence-corrected chi connectivity index (χ4v) is 2.28. The van der Waals surface area contributed by atoms with Crippen LogP contribution in [0.15, 0.2) is 48.8 Å². The first-order valence-corrected chi connectivity index (χ1v) is 6.39. The summed E-state index contributed by atoms with van der Waals surface area (Å²) in [7, 11) is 0. The third kappa shape index (κ3) is 2.16. The van der Waals surface area contributed by atoms with Crippen LogP contribution >= 0.6 is 0 Å². The molecule has 4 nitrogen and oxygen atoms in total. The second-order valence-electron chi connectivity index (χ2n) is 4.80. The lowest BCUT2D eigenvalue weighted by Crippen LogP contribution is -2.02. The predicted molar refractivity (Wildman–Crippen MR) is 76.1 cm³/mol. The average Bonchev–Trinajstić information content (AvgIpc) is 2.84. The molecule has 100 valence electrons. The largest absolute Gasteiger partial charge is 0.478 e. The number of pyridine rings is 1. The Kier molecular flexibility index (Phi) is 2.99. The zero-order valence-electron chi connectivity index (χ0n) is 11.1. The minimum absolute atomic E-state index is 0.265. The maximum absolute atomic E-state index is 11.1. The van der Waals surface area contributed by atoms with Crippen molar-refractivity contribution < 1.29 is 9.90 Å². The van der Waals surface area contributed by atoms with E-state index in [-0.39, 0.29) is 5.56 Å². The molecular formula is C16H14N2O2. The van der Waals surface area contributed by atoms with Gasteiger partial charge >= 0.3 is 5.97 Å². The van der Waals surface area contributed by atoms with Crippen molar-refractivity contribution in [2.24, 2.45) is 0 Å². The topological polar surface area (TPSA) is 54.6 Å². The number of aromatic carboxylic acids is 1. The third-order valence-electron chi connectivity index (χ3n) is 3.46. The third-order valence-corrected chi connectivity index (χ3v) is 3.46. The molecule has 4 heteroatoms. The first-order valence-electron chi connectivity index (χ1n) is 6.39. The summed E-state index contributed by atoms with van der Waals surface area (Å²) in [4.78, 5) is 15.5. The number of carbonyl (C=O) groups is 1. The average molecular weight is 266 g/mol. The molecule has 0 saturated carbocycles. The van der Waals surface area contributed by atoms with E-state index in [1.165, 1.54) is 11.1 Å². The molecule has 2 aromatic heterocycles. The SMILES string of the molecule is Cc1ccccc1Cc1ncc2ccc(C(=O)O)cn12. The van der Waals surface area contributed by atoms with Gasteiger partial charge in [-0.3, -0.25) is 0 Å². The lowest BCUT2D eigenvalue weighted by molar-refractivity contribution is 0.0696. The number of aryl methyl sites for hydroxylation is 1. The van der Waals surface area contributed by atoms with Gasteiger partial charge in [-0.2, -0.15) is 0 Å². The number of hydrogen-bond acceptors (Lipinski definition) is 2. The van der Waals surface area contributed by atoms with Gasteiger partial charge in [-0.25, -0.2) is 9.78 Å². The molecule has 0 atom stereocenters. The van der Waals surface area contributed by atoms with Crippen molar-refractivity contribution in [2.45, 2.75) is 13.3 Å². The van der Waals surface area contributed by atoms with Gasteiger partial charge in [0, 0.05) is 12.6 Å². The summed E-state index contributed by atoms with van der Waals surface area (Å²) in [6, 6.07) is 11.5. The zero-order valence-corrected chi connectivity index (χ0v) is 11.1. The summed E-state index contributed by atoms with van der Waals surface area (Å²) >= 11 is 0. The van der Waals surface area contributed by atoms with Crippen LogP contribution in [0.2, 0.25) is 0 Å². The molecular weight excluding hydrogens is 252 g/mol. The van der Waals surface area contributed by atoms with Gasteiger partial charge in [0.1, 0.15) is 5.82 Å². The van der Waals surface area contributed by atoms with E-state index in [2.05, 4.69) is 24.0 Å². The standard InChI is InChI=1S/C16H14N2O2/c1-11-4-2-3-5-12(11)8-15-17-9-14-7-6-13(16(19)20)10-18(14)15/h2-7,9-10H,8H2,1H3,(H,19,20). The van der Waals surface area contributed by atoms with Gasteiger partial charge in [0.15, 0.2) is 0 Å². The van der Waals surface area contributed by atoms with E-state index in [1.54, 1.807) is 24.5 Å². The molecule has 0 bridgehead atoms. The van der Waals surface area contributed by atoms with Crippen LogP contribution in [0.25, 0.3) is 5.52 Å². The monoisotopic (exact) mass is 266 g/mol. The van der Waals surface area contributed by atoms with Crippen molar-refractivity contribution in [3.05, 3.63) is 71.3 Å². The van der Waals surface area contributed by atoms with Crippen molar-refractivity contribution in [1.29, 1.82) is 0 Å². The fraction of sp³-hybridized carbons (Fsp3) is 0.125. The molecule has 0 saturated heterocycles. The van der Waals surface area contributed by atoms with Gasteiger partial charge < -0.3 is 9.51 Å². The van der Waals surface area contributed by atoms with Gasteiger partial charge in [0.25, 0.3) is 0 Å². The van der Waals surface area contributed by atoms with E-state index in [0.29, 0.717) is 6.42 Å². The van der Waals surface area contributed by atoms with Crippen molar-refractivity contribution in [1.82, 2.24) is 9.38 Å². The van der Waals surface area contributed by atoms with Crippen molar-refractivity contribution in [3.63, 3.8) is 0 Å². The summed E-state index contributed by atoms with van der Waals surface area (Å²) in [5.74, 6) is -0.0835. The highest BCUT2D eigenvalue weighted by Gasteiger charge is 2.09. The first-order chi connectivity index (χ1) is 9.65. The molecule has 1 N–H and O–H groups in total. The number of carboxylic acids is 1. The second kappa shape index (κ2) is 4.81. The molecule has 20 heavy (non-hydrogen) atoms. The van der Waals surface area contributed by atoms with Crippen LogP contribution in [-0.4, -0.2) is 20.5 Å². The molecule has 0 spiro atoms. The molecule has 3 aromatic rings. The molecule has 0 aliphatic heterocycles. The van der Waals surface area contributed by atoms with Crippen LogP contribution in [-0.2, 0) is 6.42 Å². The molecule has 1 aromatic carbocycles. The Labute approximate surface area is 116 Å². The summed E-state index contributed by atoms with van der Waals surface area (Å²) in [6.07, 6.45) is 4.07. The van der Waals surface area contributed by atoms with Crippen molar-refractivity contribution in [2.75, 3.05) is 0 Å². The van der Waals surface area contributed by atoms with Gasteiger partial charge in [0.05, 0.1) is 17.3 Å². The number of benzene rings is 1. The van der Waals surface area contributed by atoms with Crippen LogP contribution in [0.4, 0.5) is 0 Å². The van der Waals surface area contributed by atoms with Crippen LogP contribution in [0.3, 0.4) is 0 Å². The zero-order chi connectivity index (χ0) is 14.1. The minimum Gasteiger partial charge on any atom is -0.478 e. The van der Waals surface area contributed by atoms with E-state index >= 15 is 0 Å². The van der Waals surface area contributed by atoms with E-state index in [1.807, 2.05) is 16.5 Å². The van der Waals surface area contributed by atoms with Gasteiger partial charge in [-0.05, 0) is 30.2 Å². The molecule has 0 aliphatic rings. The summed E-state index contributed by atoms with van der Waals surface area (Å²) in [5, 5.41) is 9.07. The number of fused-ring (bicyclic) bond motifs is 1. The summed E-state index contributed by atoms with van der Waals surface area (Å²) in [5.41, 5.74) is 3.57. The van der Waals surface area contributed by atoms with Gasteiger partial charge in [0.2, 0.25) is 0 Å². The van der Waals surface area contributed by atoms with Crippen LogP contribution < -0.4 is 0 Å². The van der Waals surface area contributed by atoms with E-state index in [0.717, 1.165) is 11.3 Å². The number of carboxylic acid groups (broad SMARTS) is 1. The highest BCUT2D eigenvalue weighted by Crippen LogP contribution is 2.15. The number of hydrogen-bond donors (Lipinski definition) is 1. The lowest BCUT2D eigenvalue weighted by Gasteiger charge is -2.05.